The Kier molecular flexibility index (Phi) is 6.46. The number of nitrogens with one attached hydrogen (secondary N) is 1. The number of fused-ring (bicyclic) bond motifs is 2. The summed E-state index contributed by atoms with van der Waals surface area (Å²) in [4.78, 5) is 45.0. The van der Waals surface area contributed by atoms with Gasteiger partial charge >= 0.3 is 0 Å². The number of hydrogen-bond acceptors (Lipinski definition) is 5. The van der Waals surface area contributed by atoms with E-state index in [0.29, 0.717) is 24.5 Å². The summed E-state index contributed by atoms with van der Waals surface area (Å²) in [5, 5.41) is 8.13. The average Bonchev–Trinajstić information content (AvgIpc) is 3.66. The molecule has 0 unspecified atom stereocenters. The molecule has 8 nitrogen and oxygen atoms in total. The third-order valence-electron chi connectivity index (χ3n) is 7.82. The first-order valence-electron chi connectivity index (χ1n) is 13.5. The SMILES string of the molecule is CC(=O)c1nn(CC(=O)N2CCC[C@H]2C(=O)Nc2cccc(C)n2)c2ccc(-c3ccc4c(c3)CCC4)cc12. The lowest BCUT2D eigenvalue weighted by Crippen LogP contribution is -2.44. The lowest BCUT2D eigenvalue weighted by atomic mass is 9.99. The molecule has 0 radical (unpaired) electrons. The van der Waals surface area contributed by atoms with Gasteiger partial charge in [-0.15, -0.1) is 0 Å². The summed E-state index contributed by atoms with van der Waals surface area (Å²) in [5.41, 5.74) is 6.82. The summed E-state index contributed by atoms with van der Waals surface area (Å²) in [6.45, 7) is 3.81. The predicted octanol–water partition coefficient (Wildman–Crippen LogP) is 4.73. The van der Waals surface area contributed by atoms with E-state index in [4.69, 9.17) is 0 Å². The van der Waals surface area contributed by atoms with Crippen LogP contribution in [0.4, 0.5) is 5.82 Å². The van der Waals surface area contributed by atoms with Crippen molar-refractivity contribution in [1.82, 2.24) is 19.7 Å². The molecule has 2 aromatic carbocycles. The Morgan fingerprint density at radius 3 is 2.59 bits per heavy atom. The Labute approximate surface area is 227 Å². The highest BCUT2D eigenvalue weighted by atomic mass is 16.2. The molecular weight excluding hydrogens is 490 g/mol. The van der Waals surface area contributed by atoms with Gasteiger partial charge in [0.2, 0.25) is 11.8 Å². The Balaban J connectivity index is 1.25. The van der Waals surface area contributed by atoms with Crippen LogP contribution in [0, 0.1) is 6.92 Å². The molecule has 6 rings (SSSR count). The number of aryl methyl sites for hydroxylation is 3. The fraction of sp³-hybridized carbons (Fsp3) is 0.323. The van der Waals surface area contributed by atoms with E-state index in [-0.39, 0.29) is 24.1 Å². The second-order valence-electron chi connectivity index (χ2n) is 10.5. The lowest BCUT2D eigenvalue weighted by Gasteiger charge is -2.24. The molecule has 1 saturated heterocycles. The van der Waals surface area contributed by atoms with E-state index < -0.39 is 6.04 Å². The molecule has 1 atom stereocenters. The van der Waals surface area contributed by atoms with Gasteiger partial charge in [-0.25, -0.2) is 4.98 Å². The second kappa shape index (κ2) is 10.1. The summed E-state index contributed by atoms with van der Waals surface area (Å²) in [5.74, 6) is -0.122. The molecule has 0 spiro atoms. The van der Waals surface area contributed by atoms with Crippen molar-refractivity contribution >= 4 is 34.3 Å². The topological polar surface area (TPSA) is 97.2 Å². The van der Waals surface area contributed by atoms with Gasteiger partial charge in [0, 0.05) is 24.5 Å². The summed E-state index contributed by atoms with van der Waals surface area (Å²) in [7, 11) is 0. The number of carbonyl (C=O) groups excluding carboxylic acids is 3. The van der Waals surface area contributed by atoms with E-state index in [9.17, 15) is 14.4 Å². The van der Waals surface area contributed by atoms with Gasteiger partial charge in [-0.3, -0.25) is 19.1 Å². The van der Waals surface area contributed by atoms with Gasteiger partial charge < -0.3 is 10.2 Å². The fourth-order valence-corrected chi connectivity index (χ4v) is 5.87. The first-order chi connectivity index (χ1) is 18.9. The molecule has 4 aromatic rings. The number of pyridine rings is 1. The molecule has 8 heteroatoms. The van der Waals surface area contributed by atoms with Gasteiger partial charge in [0.15, 0.2) is 5.78 Å². The average molecular weight is 522 g/mol. The van der Waals surface area contributed by atoms with Crippen molar-refractivity contribution in [2.24, 2.45) is 0 Å². The normalized spacial score (nSPS) is 16.5. The molecule has 1 aliphatic heterocycles. The number of nitrogens with zero attached hydrogens (tertiary/aromatic N) is 4. The predicted molar refractivity (Wildman–Crippen MR) is 150 cm³/mol. The number of carbonyl (C=O) groups is 3. The van der Waals surface area contributed by atoms with Crippen molar-refractivity contribution in [3.63, 3.8) is 0 Å². The van der Waals surface area contributed by atoms with Gasteiger partial charge in [-0.2, -0.15) is 5.10 Å². The number of rotatable bonds is 6. The highest BCUT2D eigenvalue weighted by Gasteiger charge is 2.34. The van der Waals surface area contributed by atoms with Crippen LogP contribution >= 0.6 is 0 Å². The molecule has 198 valence electrons. The zero-order chi connectivity index (χ0) is 27.1. The Bertz CT molecular complexity index is 1620. The number of hydrogen-bond donors (Lipinski definition) is 1. The van der Waals surface area contributed by atoms with Gasteiger partial charge in [0.05, 0.1) is 5.52 Å². The Hall–Kier alpha value is -4.33. The minimum absolute atomic E-state index is 0.0472. The van der Waals surface area contributed by atoms with Crippen molar-refractivity contribution in [3.8, 4) is 11.1 Å². The molecule has 0 bridgehead atoms. The summed E-state index contributed by atoms with van der Waals surface area (Å²) >= 11 is 0. The Morgan fingerprint density at radius 1 is 0.974 bits per heavy atom. The standard InChI is InChI=1S/C31H31N5O3/c1-19-6-3-10-28(32-19)33-31(39)27-9-5-15-35(27)29(38)18-36-26-14-13-24(17-25(26)30(34-36)20(2)37)23-12-11-21-7-4-8-22(21)16-23/h3,6,10-14,16-17,27H,4-5,7-9,15,18H2,1-2H3,(H,32,33,39)/t27-/m0/s1. The highest BCUT2D eigenvalue weighted by Crippen LogP contribution is 2.31. The molecule has 2 aromatic heterocycles. The van der Waals surface area contributed by atoms with Crippen molar-refractivity contribution in [3.05, 3.63) is 77.1 Å². The van der Waals surface area contributed by atoms with E-state index in [1.807, 2.05) is 37.3 Å². The molecule has 39 heavy (non-hydrogen) atoms. The van der Waals surface area contributed by atoms with Crippen LogP contribution in [-0.2, 0) is 29.0 Å². The molecule has 3 heterocycles. The number of benzene rings is 2. The van der Waals surface area contributed by atoms with Gasteiger partial charge in [-0.05, 0) is 85.5 Å². The number of amides is 2. The number of anilines is 1. The molecule has 2 aliphatic rings. The van der Waals surface area contributed by atoms with Crippen molar-refractivity contribution in [2.75, 3.05) is 11.9 Å². The third kappa shape index (κ3) is 4.82. The van der Waals surface area contributed by atoms with Gasteiger partial charge in [0.1, 0.15) is 24.1 Å². The zero-order valence-electron chi connectivity index (χ0n) is 22.2. The van der Waals surface area contributed by atoms with Crippen LogP contribution in [0.2, 0.25) is 0 Å². The van der Waals surface area contributed by atoms with Crippen LogP contribution in [0.15, 0.2) is 54.6 Å². The number of likely N-dealkylation sites (tertiary alicyclic amines) is 1. The molecule has 2 amide bonds. The minimum atomic E-state index is -0.569. The van der Waals surface area contributed by atoms with Gasteiger partial charge in [-0.1, -0.05) is 30.3 Å². The number of aromatic nitrogens is 3. The first-order valence-corrected chi connectivity index (χ1v) is 13.5. The highest BCUT2D eigenvalue weighted by molar-refractivity contribution is 6.06. The molecular formula is C31H31N5O3. The lowest BCUT2D eigenvalue weighted by molar-refractivity contribution is -0.137. The van der Waals surface area contributed by atoms with E-state index in [2.05, 4.69) is 33.6 Å². The maximum Gasteiger partial charge on any atom is 0.248 e. The molecule has 1 aliphatic carbocycles. The third-order valence-corrected chi connectivity index (χ3v) is 7.82. The summed E-state index contributed by atoms with van der Waals surface area (Å²) in [6, 6.07) is 17.4. The van der Waals surface area contributed by atoms with Gasteiger partial charge in [0.25, 0.3) is 0 Å². The van der Waals surface area contributed by atoms with Crippen LogP contribution in [0.5, 0.6) is 0 Å². The quantitative estimate of drug-likeness (QED) is 0.370. The summed E-state index contributed by atoms with van der Waals surface area (Å²) in [6.07, 6.45) is 4.75. The van der Waals surface area contributed by atoms with Crippen molar-refractivity contribution in [1.29, 1.82) is 0 Å². The maximum atomic E-state index is 13.4. The Morgan fingerprint density at radius 2 is 1.77 bits per heavy atom. The van der Waals surface area contributed by atoms with E-state index in [1.165, 1.54) is 24.5 Å². The minimum Gasteiger partial charge on any atom is -0.329 e. The fourth-order valence-electron chi connectivity index (χ4n) is 5.87. The van der Waals surface area contributed by atoms with E-state index in [1.54, 1.807) is 15.6 Å². The first kappa shape index (κ1) is 25.0. The van der Waals surface area contributed by atoms with Crippen LogP contribution in [-0.4, -0.2) is 49.8 Å². The molecule has 0 saturated carbocycles. The number of Topliss-reactive ketones (excluding diaryl/α,β-unsaturated/α-hetero) is 1. The monoisotopic (exact) mass is 521 g/mol. The largest absolute Gasteiger partial charge is 0.329 e. The second-order valence-corrected chi connectivity index (χ2v) is 10.5. The van der Waals surface area contributed by atoms with Crippen molar-refractivity contribution < 1.29 is 14.4 Å². The van der Waals surface area contributed by atoms with Crippen LogP contribution in [0.3, 0.4) is 0 Å². The molecule has 1 N–H and O–H groups in total. The smallest absolute Gasteiger partial charge is 0.248 e. The van der Waals surface area contributed by atoms with E-state index >= 15 is 0 Å². The zero-order valence-corrected chi connectivity index (χ0v) is 22.2. The van der Waals surface area contributed by atoms with Crippen LogP contribution in [0.25, 0.3) is 22.0 Å². The van der Waals surface area contributed by atoms with Crippen LogP contribution in [0.1, 0.15) is 53.5 Å². The van der Waals surface area contributed by atoms with Crippen LogP contribution < -0.4 is 5.32 Å². The molecule has 1 fully saturated rings. The number of ketones is 1. The van der Waals surface area contributed by atoms with E-state index in [0.717, 1.165) is 47.0 Å². The maximum absolute atomic E-state index is 13.4. The van der Waals surface area contributed by atoms with Crippen molar-refractivity contribution in [2.45, 2.75) is 58.5 Å². The summed E-state index contributed by atoms with van der Waals surface area (Å²) < 4.78 is 1.59.